The van der Waals surface area contributed by atoms with Gasteiger partial charge in [-0.15, -0.1) is 0 Å². The zero-order valence-electron chi connectivity index (χ0n) is 23.8. The van der Waals surface area contributed by atoms with Crippen LogP contribution in [0.3, 0.4) is 0 Å². The van der Waals surface area contributed by atoms with Crippen LogP contribution in [0.5, 0.6) is 0 Å². The fourth-order valence-corrected chi connectivity index (χ4v) is 8.93. The molecule has 4 nitrogen and oxygen atoms in total. The van der Waals surface area contributed by atoms with Gasteiger partial charge in [0.1, 0.15) is 0 Å². The van der Waals surface area contributed by atoms with Crippen LogP contribution in [0.4, 0.5) is 17.1 Å². The quantitative estimate of drug-likeness (QED) is 0.184. The molecule has 0 spiro atoms. The number of sulfone groups is 1. The van der Waals surface area contributed by atoms with Crippen molar-refractivity contribution in [2.24, 2.45) is 0 Å². The van der Waals surface area contributed by atoms with Crippen molar-refractivity contribution in [1.29, 1.82) is 0 Å². The normalized spacial score (nSPS) is 12.7. The molecule has 7 aromatic rings. The van der Waals surface area contributed by atoms with Gasteiger partial charge in [0.15, 0.2) is 0 Å². The monoisotopic (exact) mass is 654 g/mol. The zero-order valence-corrected chi connectivity index (χ0v) is 26.3. The number of aromatic nitrogens is 1. The standard InChI is InChI=1S/C38H26N2O2SSe/c1-43(41,42)27-22-20-26(21-23-27)32-24-31(29-13-8-11-25-10-2-3-12-28(25)29)30-14-9-17-35(38(30)39-32)40-33-15-4-6-18-36(33)44-37-19-7-5-16-34(37)40/h2-24H,1H3. The van der Waals surface area contributed by atoms with Gasteiger partial charge in [-0.1, -0.05) is 0 Å². The average molecular weight is 654 g/mol. The SMILES string of the molecule is CS(=O)(=O)c1ccc(-c2cc(-c3cccc4ccccc34)c3cccc(N4c5ccccc5[Se]c5ccccc54)c3n2)cc1. The Labute approximate surface area is 262 Å². The van der Waals surface area contributed by atoms with Crippen LogP contribution in [0, 0.1) is 0 Å². The van der Waals surface area contributed by atoms with Crippen LogP contribution in [0.1, 0.15) is 0 Å². The van der Waals surface area contributed by atoms with E-state index >= 15 is 0 Å². The Hall–Kier alpha value is -4.74. The molecule has 0 bridgehead atoms. The molecule has 0 amide bonds. The molecule has 6 aromatic carbocycles. The van der Waals surface area contributed by atoms with E-state index in [0.29, 0.717) is 4.90 Å². The Bertz CT molecular complexity index is 2300. The summed E-state index contributed by atoms with van der Waals surface area (Å²) in [5.74, 6) is 0. The molecule has 2 heterocycles. The van der Waals surface area contributed by atoms with Crippen LogP contribution in [-0.4, -0.2) is 34.6 Å². The maximum absolute atomic E-state index is 12.2. The van der Waals surface area contributed by atoms with E-state index in [1.807, 2.05) is 12.1 Å². The molecule has 1 aliphatic heterocycles. The van der Waals surface area contributed by atoms with Gasteiger partial charge in [0.25, 0.3) is 0 Å². The summed E-state index contributed by atoms with van der Waals surface area (Å²) < 4.78 is 27.1. The van der Waals surface area contributed by atoms with Crippen LogP contribution in [-0.2, 0) is 9.84 Å². The van der Waals surface area contributed by atoms with E-state index in [-0.39, 0.29) is 15.0 Å². The summed E-state index contributed by atoms with van der Waals surface area (Å²) in [6, 6.07) is 47.8. The van der Waals surface area contributed by atoms with Gasteiger partial charge in [-0.05, 0) is 0 Å². The summed E-state index contributed by atoms with van der Waals surface area (Å²) >= 11 is 0.197. The molecule has 0 unspecified atom stereocenters. The van der Waals surface area contributed by atoms with Crippen molar-refractivity contribution in [2.75, 3.05) is 11.2 Å². The first-order valence-corrected chi connectivity index (χ1v) is 17.9. The summed E-state index contributed by atoms with van der Waals surface area (Å²) in [5, 5.41) is 3.40. The molecule has 8 rings (SSSR count). The predicted octanol–water partition coefficient (Wildman–Crippen LogP) is 7.56. The van der Waals surface area contributed by atoms with E-state index in [4.69, 9.17) is 4.98 Å². The van der Waals surface area contributed by atoms with Crippen LogP contribution in [0.15, 0.2) is 144 Å². The van der Waals surface area contributed by atoms with Crippen molar-refractivity contribution in [1.82, 2.24) is 4.98 Å². The number of para-hydroxylation sites is 3. The van der Waals surface area contributed by atoms with E-state index in [1.165, 1.54) is 37.3 Å². The van der Waals surface area contributed by atoms with Crippen LogP contribution >= 0.6 is 0 Å². The Morgan fingerprint density at radius 1 is 0.591 bits per heavy atom. The number of nitrogens with zero attached hydrogens (tertiary/aromatic N) is 2. The summed E-state index contributed by atoms with van der Waals surface area (Å²) in [6.45, 7) is 0. The molecule has 0 fully saturated rings. The third-order valence-corrected chi connectivity index (χ3v) is 11.6. The van der Waals surface area contributed by atoms with E-state index in [2.05, 4.69) is 120 Å². The molecule has 0 atom stereocenters. The van der Waals surface area contributed by atoms with Gasteiger partial charge < -0.3 is 0 Å². The molecule has 1 aliphatic rings. The van der Waals surface area contributed by atoms with Gasteiger partial charge in [-0.25, -0.2) is 8.42 Å². The van der Waals surface area contributed by atoms with Crippen molar-refractivity contribution in [2.45, 2.75) is 4.90 Å². The van der Waals surface area contributed by atoms with Crippen molar-refractivity contribution in [3.8, 4) is 22.4 Å². The number of hydrogen-bond acceptors (Lipinski definition) is 4. The van der Waals surface area contributed by atoms with Crippen LogP contribution < -0.4 is 13.8 Å². The first-order chi connectivity index (χ1) is 21.5. The predicted molar refractivity (Wildman–Crippen MR) is 183 cm³/mol. The third kappa shape index (κ3) is 4.51. The molecule has 1 aromatic heterocycles. The van der Waals surface area contributed by atoms with Gasteiger partial charge in [-0.2, -0.15) is 0 Å². The number of fused-ring (bicyclic) bond motifs is 4. The minimum absolute atomic E-state index is 0.197. The number of benzene rings is 6. The first-order valence-electron chi connectivity index (χ1n) is 14.3. The molecule has 212 valence electrons. The fraction of sp³-hybridized carbons (Fsp3) is 0.0263. The van der Waals surface area contributed by atoms with E-state index < -0.39 is 9.84 Å². The maximum atomic E-state index is 12.2. The minimum atomic E-state index is -3.32. The van der Waals surface area contributed by atoms with Gasteiger partial charge in [-0.3, -0.25) is 0 Å². The summed E-state index contributed by atoms with van der Waals surface area (Å²) in [5.41, 5.74) is 8.11. The molecule has 0 radical (unpaired) electrons. The van der Waals surface area contributed by atoms with Crippen LogP contribution in [0.2, 0.25) is 0 Å². The van der Waals surface area contributed by atoms with Crippen LogP contribution in [0.25, 0.3) is 44.1 Å². The number of rotatable bonds is 4. The summed E-state index contributed by atoms with van der Waals surface area (Å²) in [6.07, 6.45) is 1.23. The third-order valence-electron chi connectivity index (χ3n) is 8.15. The average Bonchev–Trinajstić information content (AvgIpc) is 3.06. The number of hydrogen-bond donors (Lipinski definition) is 0. The molecule has 44 heavy (non-hydrogen) atoms. The van der Waals surface area contributed by atoms with Gasteiger partial charge in [0.05, 0.1) is 0 Å². The fourth-order valence-electron chi connectivity index (χ4n) is 6.08. The zero-order chi connectivity index (χ0) is 29.8. The van der Waals surface area contributed by atoms with E-state index in [0.717, 1.165) is 39.0 Å². The van der Waals surface area contributed by atoms with Crippen molar-refractivity contribution >= 4 is 72.5 Å². The summed E-state index contributed by atoms with van der Waals surface area (Å²) in [7, 11) is -3.32. The Morgan fingerprint density at radius 2 is 1.18 bits per heavy atom. The van der Waals surface area contributed by atoms with E-state index in [1.54, 1.807) is 12.1 Å². The molecular formula is C38H26N2O2SSe. The van der Waals surface area contributed by atoms with Gasteiger partial charge in [0, 0.05) is 6.26 Å². The Balaban J connectivity index is 1.45. The number of pyridine rings is 1. The van der Waals surface area contributed by atoms with Gasteiger partial charge >= 0.3 is 249 Å². The topological polar surface area (TPSA) is 50.3 Å². The molecule has 0 N–H and O–H groups in total. The van der Waals surface area contributed by atoms with Crippen molar-refractivity contribution in [3.05, 3.63) is 140 Å². The molecule has 0 saturated heterocycles. The second kappa shape index (κ2) is 10.5. The molecule has 6 heteroatoms. The second-order valence-electron chi connectivity index (χ2n) is 10.9. The first kappa shape index (κ1) is 26.9. The van der Waals surface area contributed by atoms with Gasteiger partial charge in [0.2, 0.25) is 0 Å². The Morgan fingerprint density at radius 3 is 1.91 bits per heavy atom. The molecule has 0 aliphatic carbocycles. The van der Waals surface area contributed by atoms with E-state index in [9.17, 15) is 8.42 Å². The summed E-state index contributed by atoms with van der Waals surface area (Å²) in [4.78, 5) is 7.99. The molecular weight excluding hydrogens is 627 g/mol. The second-order valence-corrected chi connectivity index (χ2v) is 15.2. The molecule has 0 saturated carbocycles. The van der Waals surface area contributed by atoms with Crippen molar-refractivity contribution in [3.63, 3.8) is 0 Å². The number of anilines is 3. The Kier molecular flexibility index (Phi) is 6.38. The van der Waals surface area contributed by atoms with Crippen molar-refractivity contribution < 1.29 is 8.42 Å².